The molecule has 0 radical (unpaired) electrons. The van der Waals surface area contributed by atoms with Gasteiger partial charge in [-0.2, -0.15) is 4.31 Å². The van der Waals surface area contributed by atoms with Crippen molar-refractivity contribution in [2.24, 2.45) is 0 Å². The fourth-order valence-electron chi connectivity index (χ4n) is 4.10. The molecule has 7 nitrogen and oxygen atoms in total. The minimum Gasteiger partial charge on any atom is -0.454 e. The molecule has 0 aromatic heterocycles. The van der Waals surface area contributed by atoms with E-state index < -0.39 is 15.9 Å². The quantitative estimate of drug-likeness (QED) is 0.478. The lowest BCUT2D eigenvalue weighted by Crippen LogP contribution is -2.35. The van der Waals surface area contributed by atoms with Crippen molar-refractivity contribution in [1.29, 1.82) is 0 Å². The lowest BCUT2D eigenvalue weighted by Gasteiger charge is -2.27. The fraction of sp³-hybridized carbons (Fsp3) is 0.240. The Morgan fingerprint density at radius 2 is 1.74 bits per heavy atom. The lowest BCUT2D eigenvalue weighted by atomic mass is 10.1. The Kier molecular flexibility index (Phi) is 5.97. The zero-order valence-corrected chi connectivity index (χ0v) is 20.1. The van der Waals surface area contributed by atoms with Gasteiger partial charge in [0.25, 0.3) is 5.91 Å². The van der Waals surface area contributed by atoms with Gasteiger partial charge in [0, 0.05) is 19.2 Å². The van der Waals surface area contributed by atoms with Gasteiger partial charge in [-0.25, -0.2) is 8.42 Å². The molecule has 3 aromatic rings. The van der Waals surface area contributed by atoms with E-state index in [0.29, 0.717) is 35.3 Å². The molecule has 1 saturated heterocycles. The van der Waals surface area contributed by atoms with Crippen molar-refractivity contribution >= 4 is 33.2 Å². The summed E-state index contributed by atoms with van der Waals surface area (Å²) in [5.74, 6) is 0.538. The molecule has 2 aliphatic heterocycles. The molecule has 176 valence electrons. The number of halogens is 1. The number of fused-ring (bicyclic) bond motifs is 2. The molecule has 0 spiro atoms. The largest absolute Gasteiger partial charge is 0.454 e. The second kappa shape index (κ2) is 8.94. The van der Waals surface area contributed by atoms with Crippen LogP contribution < -0.4 is 14.8 Å². The highest BCUT2D eigenvalue weighted by molar-refractivity contribution is 7.89. The van der Waals surface area contributed by atoms with E-state index in [1.807, 2.05) is 13.0 Å². The summed E-state index contributed by atoms with van der Waals surface area (Å²) < 4.78 is 40.9. The monoisotopic (exact) mass is 498 g/mol. The summed E-state index contributed by atoms with van der Waals surface area (Å²) in [4.78, 5) is 13.0. The van der Waals surface area contributed by atoms with Crippen LogP contribution in [0.4, 0.5) is 5.69 Å². The highest BCUT2D eigenvalue weighted by atomic mass is 35.5. The van der Waals surface area contributed by atoms with Crippen LogP contribution in [0.3, 0.4) is 0 Å². The maximum atomic E-state index is 13.7. The Morgan fingerprint density at radius 1 is 0.971 bits per heavy atom. The molecule has 1 N–H and O–H groups in total. The fourth-order valence-corrected chi connectivity index (χ4v) is 5.91. The van der Waals surface area contributed by atoms with Crippen LogP contribution in [0.5, 0.6) is 23.0 Å². The molecular formula is C25H23ClN2O5S. The number of para-hydroxylation sites is 1. The van der Waals surface area contributed by atoms with Crippen LogP contribution in [0.2, 0.25) is 5.02 Å². The summed E-state index contributed by atoms with van der Waals surface area (Å²) in [5.41, 5.74) is 1.56. The van der Waals surface area contributed by atoms with Gasteiger partial charge < -0.3 is 14.8 Å². The molecule has 9 heteroatoms. The van der Waals surface area contributed by atoms with Gasteiger partial charge in [-0.3, -0.25) is 4.79 Å². The van der Waals surface area contributed by atoms with Crippen LogP contribution in [0.25, 0.3) is 0 Å². The van der Waals surface area contributed by atoms with Crippen LogP contribution in [0, 0.1) is 6.92 Å². The summed E-state index contributed by atoms with van der Waals surface area (Å²) in [6, 6.07) is 15.0. The van der Waals surface area contributed by atoms with E-state index >= 15 is 0 Å². The number of ether oxygens (including phenoxy) is 2. The van der Waals surface area contributed by atoms with E-state index in [9.17, 15) is 13.2 Å². The van der Waals surface area contributed by atoms with Crippen LogP contribution in [0.15, 0.2) is 59.5 Å². The molecule has 0 atom stereocenters. The van der Waals surface area contributed by atoms with E-state index in [1.165, 1.54) is 16.4 Å². The van der Waals surface area contributed by atoms with Gasteiger partial charge in [0.2, 0.25) is 10.0 Å². The molecule has 5 rings (SSSR count). The third-order valence-electron chi connectivity index (χ3n) is 5.89. The van der Waals surface area contributed by atoms with Gasteiger partial charge in [-0.1, -0.05) is 36.2 Å². The van der Waals surface area contributed by atoms with Gasteiger partial charge in [0.1, 0.15) is 16.4 Å². The Balaban J connectivity index is 1.67. The molecule has 0 unspecified atom stereocenters. The summed E-state index contributed by atoms with van der Waals surface area (Å²) in [5, 5.41) is 3.14. The second-order valence-electron chi connectivity index (χ2n) is 8.35. The molecule has 0 aliphatic carbocycles. The first-order valence-corrected chi connectivity index (χ1v) is 12.9. The van der Waals surface area contributed by atoms with Crippen molar-refractivity contribution in [3.8, 4) is 23.0 Å². The number of hydrogen-bond donors (Lipinski definition) is 1. The molecule has 0 bridgehead atoms. The zero-order valence-electron chi connectivity index (χ0n) is 18.5. The maximum Gasteiger partial charge on any atom is 0.259 e. The standard InChI is InChI=1S/C25H23ClN2O5S/c1-16-9-10-19-22(13-16)33-21-15-23(32-20-8-4-3-7-18(20)26)24(14-17(21)25(29)27-19)34(30,31)28-11-5-2-6-12-28/h3-4,7-10,13-15H,2,5-6,11-12H2,1H3,(H,27,29). The first-order valence-electron chi connectivity index (χ1n) is 11.0. The SMILES string of the molecule is Cc1ccc2c(c1)Oc1cc(Oc3ccccc3Cl)c(S(=O)(=O)N3CCCCC3)cc1C(=O)N2. The highest BCUT2D eigenvalue weighted by Gasteiger charge is 2.33. The lowest BCUT2D eigenvalue weighted by molar-refractivity contribution is 0.102. The predicted molar refractivity (Wildman–Crippen MR) is 130 cm³/mol. The van der Waals surface area contributed by atoms with Crippen LogP contribution >= 0.6 is 11.6 Å². The number of amides is 1. The summed E-state index contributed by atoms with van der Waals surface area (Å²) in [7, 11) is -3.94. The average molecular weight is 499 g/mol. The number of rotatable bonds is 4. The Bertz CT molecular complexity index is 1380. The molecule has 1 fully saturated rings. The number of hydrogen-bond acceptors (Lipinski definition) is 5. The first-order chi connectivity index (χ1) is 16.3. The maximum absolute atomic E-state index is 13.7. The number of nitrogens with zero attached hydrogens (tertiary/aromatic N) is 1. The van der Waals surface area contributed by atoms with Crippen LogP contribution in [-0.2, 0) is 10.0 Å². The van der Waals surface area contributed by atoms with Crippen molar-refractivity contribution in [2.45, 2.75) is 31.1 Å². The van der Waals surface area contributed by atoms with E-state index in [1.54, 1.807) is 36.4 Å². The average Bonchev–Trinajstić information content (AvgIpc) is 2.95. The van der Waals surface area contributed by atoms with Crippen molar-refractivity contribution in [1.82, 2.24) is 4.31 Å². The number of benzene rings is 3. The van der Waals surface area contributed by atoms with Gasteiger partial charge in [-0.15, -0.1) is 0 Å². The molecule has 34 heavy (non-hydrogen) atoms. The summed E-state index contributed by atoms with van der Waals surface area (Å²) >= 11 is 6.29. The number of piperidine rings is 1. The first kappa shape index (κ1) is 22.7. The van der Waals surface area contributed by atoms with E-state index in [0.717, 1.165) is 24.8 Å². The minimum atomic E-state index is -3.94. The van der Waals surface area contributed by atoms with Gasteiger partial charge in [-0.05, 0) is 55.7 Å². The number of carbonyl (C=O) groups excluding carboxylic acids is 1. The van der Waals surface area contributed by atoms with Gasteiger partial charge in [0.05, 0.1) is 16.3 Å². The highest BCUT2D eigenvalue weighted by Crippen LogP contribution is 2.43. The number of aryl methyl sites for hydroxylation is 1. The number of sulfonamides is 1. The van der Waals surface area contributed by atoms with Crippen LogP contribution in [-0.4, -0.2) is 31.7 Å². The summed E-state index contributed by atoms with van der Waals surface area (Å²) in [6.07, 6.45) is 2.54. The van der Waals surface area contributed by atoms with Crippen molar-refractivity contribution in [3.63, 3.8) is 0 Å². The molecule has 1 amide bonds. The Hall–Kier alpha value is -3.07. The molecule has 2 aliphatic rings. The topological polar surface area (TPSA) is 84.9 Å². The number of carbonyl (C=O) groups is 1. The third kappa shape index (κ3) is 4.24. The van der Waals surface area contributed by atoms with Crippen molar-refractivity contribution in [3.05, 3.63) is 70.7 Å². The van der Waals surface area contributed by atoms with E-state index in [-0.39, 0.29) is 22.0 Å². The Labute approximate surface area is 203 Å². The molecule has 0 saturated carbocycles. The number of anilines is 1. The second-order valence-corrected chi connectivity index (χ2v) is 10.7. The smallest absolute Gasteiger partial charge is 0.259 e. The summed E-state index contributed by atoms with van der Waals surface area (Å²) in [6.45, 7) is 2.74. The molecular weight excluding hydrogens is 476 g/mol. The normalized spacial score (nSPS) is 16.0. The molecule has 2 heterocycles. The van der Waals surface area contributed by atoms with Crippen molar-refractivity contribution < 1.29 is 22.7 Å². The van der Waals surface area contributed by atoms with E-state index in [4.69, 9.17) is 21.1 Å². The third-order valence-corrected chi connectivity index (χ3v) is 8.12. The van der Waals surface area contributed by atoms with E-state index in [2.05, 4.69) is 5.32 Å². The molecule has 3 aromatic carbocycles. The predicted octanol–water partition coefficient (Wildman–Crippen LogP) is 5.97. The number of nitrogens with one attached hydrogen (secondary N) is 1. The van der Waals surface area contributed by atoms with Crippen LogP contribution in [0.1, 0.15) is 35.2 Å². The van der Waals surface area contributed by atoms with Crippen molar-refractivity contribution in [2.75, 3.05) is 18.4 Å². The minimum absolute atomic E-state index is 0.0429. The zero-order chi connectivity index (χ0) is 23.9. The van der Waals surface area contributed by atoms with Gasteiger partial charge >= 0.3 is 0 Å². The Morgan fingerprint density at radius 3 is 2.50 bits per heavy atom. The van der Waals surface area contributed by atoms with Gasteiger partial charge in [0.15, 0.2) is 11.5 Å².